The molecule has 0 aromatic heterocycles. The van der Waals surface area contributed by atoms with Crippen LogP contribution in [-0.2, 0) is 6.18 Å². The molecule has 0 saturated carbocycles. The molecular weight excluding hydrogens is 427 g/mol. The number of azo groups is 2. The van der Waals surface area contributed by atoms with Crippen LogP contribution < -0.4 is 4.90 Å². The summed E-state index contributed by atoms with van der Waals surface area (Å²) >= 11 is 0. The zero-order chi connectivity index (χ0) is 23.4. The van der Waals surface area contributed by atoms with Gasteiger partial charge in [-0.25, -0.2) is 0 Å². The average molecular weight is 451 g/mol. The molecule has 1 aliphatic heterocycles. The van der Waals surface area contributed by atoms with Gasteiger partial charge in [0, 0.05) is 18.8 Å². The van der Waals surface area contributed by atoms with Gasteiger partial charge in [0.25, 0.3) is 0 Å². The molecule has 0 amide bonds. The van der Waals surface area contributed by atoms with Gasteiger partial charge in [-0.3, -0.25) is 0 Å². The largest absolute Gasteiger partial charge is 0.416 e. The maximum absolute atomic E-state index is 12.7. The quantitative estimate of drug-likeness (QED) is 0.358. The lowest BCUT2D eigenvalue weighted by molar-refractivity contribution is -0.137. The Morgan fingerprint density at radius 3 is 1.58 bits per heavy atom. The summed E-state index contributed by atoms with van der Waals surface area (Å²) in [5, 5.41) is 17.0. The molecular formula is C25H24F3N5. The predicted molar refractivity (Wildman–Crippen MR) is 124 cm³/mol. The van der Waals surface area contributed by atoms with E-state index in [1.165, 1.54) is 30.7 Å². The summed E-state index contributed by atoms with van der Waals surface area (Å²) in [7, 11) is 0. The Labute approximate surface area is 190 Å². The Morgan fingerprint density at radius 1 is 0.667 bits per heavy atom. The third kappa shape index (κ3) is 5.63. The summed E-state index contributed by atoms with van der Waals surface area (Å²) in [6.07, 6.45) is -1.90. The Kier molecular flexibility index (Phi) is 6.53. The van der Waals surface area contributed by atoms with Crippen molar-refractivity contribution in [2.24, 2.45) is 20.5 Å². The van der Waals surface area contributed by atoms with Crippen molar-refractivity contribution in [3.8, 4) is 0 Å². The molecule has 0 spiro atoms. The van der Waals surface area contributed by atoms with Crippen molar-refractivity contribution in [2.75, 3.05) is 18.0 Å². The van der Waals surface area contributed by atoms with Crippen LogP contribution in [0.25, 0.3) is 0 Å². The van der Waals surface area contributed by atoms with Gasteiger partial charge in [0.1, 0.15) is 0 Å². The molecule has 8 heteroatoms. The average Bonchev–Trinajstić information content (AvgIpc) is 3.33. The van der Waals surface area contributed by atoms with Crippen molar-refractivity contribution in [2.45, 2.75) is 32.9 Å². The molecule has 0 aliphatic carbocycles. The highest BCUT2D eigenvalue weighted by Gasteiger charge is 2.29. The molecule has 3 aromatic carbocycles. The molecule has 1 aliphatic rings. The standard InChI is InChI=1S/C25H24F3N5/c1-17-16-24(32-30-21-9-11-22(12-10-21)33-13-3-4-14-33)18(2)15-23(17)31-29-20-7-5-19(6-8-20)25(26,27)28/h5-12,15-16H,3-4,13-14H2,1-2H3/b31-29+,32-30+. The predicted octanol–water partition coefficient (Wildman–Crippen LogP) is 8.75. The molecule has 170 valence electrons. The molecule has 0 unspecified atom stereocenters. The van der Waals surface area contributed by atoms with Crippen LogP contribution >= 0.6 is 0 Å². The van der Waals surface area contributed by atoms with Crippen LogP contribution in [0, 0.1) is 13.8 Å². The van der Waals surface area contributed by atoms with Gasteiger partial charge in [-0.15, -0.1) is 0 Å². The van der Waals surface area contributed by atoms with E-state index in [9.17, 15) is 13.2 Å². The van der Waals surface area contributed by atoms with E-state index >= 15 is 0 Å². The molecule has 5 nitrogen and oxygen atoms in total. The van der Waals surface area contributed by atoms with Crippen molar-refractivity contribution in [3.05, 3.63) is 77.4 Å². The molecule has 1 fully saturated rings. The molecule has 0 bridgehead atoms. The van der Waals surface area contributed by atoms with Crippen molar-refractivity contribution < 1.29 is 13.2 Å². The summed E-state index contributed by atoms with van der Waals surface area (Å²) in [5.74, 6) is 0. The first-order chi connectivity index (χ1) is 15.8. The van der Waals surface area contributed by atoms with Crippen LogP contribution in [0.5, 0.6) is 0 Å². The van der Waals surface area contributed by atoms with Crippen LogP contribution in [0.1, 0.15) is 29.5 Å². The molecule has 0 N–H and O–H groups in total. The van der Waals surface area contributed by atoms with Gasteiger partial charge in [-0.1, -0.05) is 0 Å². The second-order valence-electron chi connectivity index (χ2n) is 8.08. The summed E-state index contributed by atoms with van der Waals surface area (Å²) in [5.41, 5.74) is 4.69. The maximum Gasteiger partial charge on any atom is 0.416 e. The third-order valence-electron chi connectivity index (χ3n) is 5.58. The number of anilines is 1. The van der Waals surface area contributed by atoms with Crippen LogP contribution in [0.15, 0.2) is 81.1 Å². The molecule has 3 aromatic rings. The second-order valence-corrected chi connectivity index (χ2v) is 8.08. The van der Waals surface area contributed by atoms with E-state index < -0.39 is 11.7 Å². The van der Waals surface area contributed by atoms with E-state index in [-0.39, 0.29) is 0 Å². The number of rotatable bonds is 5. The van der Waals surface area contributed by atoms with E-state index in [1.54, 1.807) is 0 Å². The lowest BCUT2D eigenvalue weighted by Crippen LogP contribution is -2.17. The Morgan fingerprint density at radius 2 is 1.12 bits per heavy atom. The van der Waals surface area contributed by atoms with Gasteiger partial charge < -0.3 is 4.90 Å². The first-order valence-corrected chi connectivity index (χ1v) is 10.8. The minimum atomic E-state index is -4.37. The molecule has 1 heterocycles. The fraction of sp³-hybridized carbons (Fsp3) is 0.280. The molecule has 1 saturated heterocycles. The van der Waals surface area contributed by atoms with Gasteiger partial charge in [-0.05, 0) is 98.5 Å². The van der Waals surface area contributed by atoms with E-state index in [0.29, 0.717) is 11.4 Å². The van der Waals surface area contributed by atoms with Gasteiger partial charge in [0.15, 0.2) is 0 Å². The summed E-state index contributed by atoms with van der Waals surface area (Å²) in [6.45, 7) is 5.98. The Bertz CT molecular complexity index is 1160. The monoisotopic (exact) mass is 451 g/mol. The van der Waals surface area contributed by atoms with Gasteiger partial charge in [0.2, 0.25) is 0 Å². The van der Waals surface area contributed by atoms with Crippen LogP contribution in [0.4, 0.5) is 41.6 Å². The first-order valence-electron chi connectivity index (χ1n) is 10.8. The maximum atomic E-state index is 12.7. The molecule has 0 radical (unpaired) electrons. The van der Waals surface area contributed by atoms with Crippen LogP contribution in [0.3, 0.4) is 0 Å². The lowest BCUT2D eigenvalue weighted by Gasteiger charge is -2.17. The van der Waals surface area contributed by atoms with E-state index in [1.807, 2.05) is 38.1 Å². The highest BCUT2D eigenvalue weighted by atomic mass is 19.4. The lowest BCUT2D eigenvalue weighted by atomic mass is 10.1. The first kappa shape index (κ1) is 22.6. The Balaban J connectivity index is 1.46. The third-order valence-corrected chi connectivity index (χ3v) is 5.58. The van der Waals surface area contributed by atoms with Crippen LogP contribution in [-0.4, -0.2) is 13.1 Å². The number of aryl methyl sites for hydroxylation is 2. The van der Waals surface area contributed by atoms with Crippen molar-refractivity contribution in [1.82, 2.24) is 0 Å². The Hall–Kier alpha value is -3.55. The molecule has 0 atom stereocenters. The van der Waals surface area contributed by atoms with Crippen molar-refractivity contribution >= 4 is 28.4 Å². The van der Waals surface area contributed by atoms with E-state index in [2.05, 4.69) is 37.5 Å². The summed E-state index contributed by atoms with van der Waals surface area (Å²) in [6, 6.07) is 16.4. The fourth-order valence-electron chi connectivity index (χ4n) is 3.65. The highest BCUT2D eigenvalue weighted by molar-refractivity contribution is 5.59. The number of benzene rings is 3. The zero-order valence-electron chi connectivity index (χ0n) is 18.5. The van der Waals surface area contributed by atoms with E-state index in [4.69, 9.17) is 0 Å². The summed E-state index contributed by atoms with van der Waals surface area (Å²) < 4.78 is 38.1. The summed E-state index contributed by atoms with van der Waals surface area (Å²) in [4.78, 5) is 2.37. The SMILES string of the molecule is Cc1cc(/N=N/c2ccc(C(F)(F)F)cc2)c(C)cc1/N=N/c1ccc(N2CCCC2)cc1. The normalized spacial score (nSPS) is 14.6. The minimum absolute atomic E-state index is 0.348. The topological polar surface area (TPSA) is 52.7 Å². The molecule has 4 rings (SSSR count). The number of hydrogen-bond donors (Lipinski definition) is 0. The highest BCUT2D eigenvalue weighted by Crippen LogP contribution is 2.33. The number of hydrogen-bond acceptors (Lipinski definition) is 5. The minimum Gasteiger partial charge on any atom is -0.372 e. The number of alkyl halides is 3. The smallest absolute Gasteiger partial charge is 0.372 e. The van der Waals surface area contributed by atoms with E-state index in [0.717, 1.165) is 47.7 Å². The van der Waals surface area contributed by atoms with Gasteiger partial charge in [-0.2, -0.15) is 33.6 Å². The van der Waals surface area contributed by atoms with Crippen molar-refractivity contribution in [3.63, 3.8) is 0 Å². The second kappa shape index (κ2) is 9.52. The number of nitrogens with zero attached hydrogens (tertiary/aromatic N) is 5. The zero-order valence-corrected chi connectivity index (χ0v) is 18.5. The fourth-order valence-corrected chi connectivity index (χ4v) is 3.65. The van der Waals surface area contributed by atoms with Gasteiger partial charge >= 0.3 is 6.18 Å². The van der Waals surface area contributed by atoms with Gasteiger partial charge in [0.05, 0.1) is 28.3 Å². The van der Waals surface area contributed by atoms with Crippen molar-refractivity contribution in [1.29, 1.82) is 0 Å². The molecule has 33 heavy (non-hydrogen) atoms. The number of halogens is 3. The van der Waals surface area contributed by atoms with Crippen LogP contribution in [0.2, 0.25) is 0 Å².